The lowest BCUT2D eigenvalue weighted by atomic mass is 10.0. The predicted molar refractivity (Wildman–Crippen MR) is 127 cm³/mol. The fourth-order valence-corrected chi connectivity index (χ4v) is 6.53. The zero-order chi connectivity index (χ0) is 21.8. The van der Waals surface area contributed by atoms with Gasteiger partial charge in [-0.1, -0.05) is 21.1 Å². The number of likely N-dealkylation sites (tertiary alicyclic amines) is 2. The Morgan fingerprint density at radius 1 is 1.12 bits per heavy atom. The number of aromatic nitrogens is 3. The number of aryl methyl sites for hydroxylation is 2. The molecule has 2 atom stereocenters. The van der Waals surface area contributed by atoms with Crippen molar-refractivity contribution in [2.75, 3.05) is 26.2 Å². The molecule has 166 valence electrons. The summed E-state index contributed by atoms with van der Waals surface area (Å²) in [6, 6.07) is 2.72. The van der Waals surface area contributed by atoms with Gasteiger partial charge >= 0.3 is 0 Å². The van der Waals surface area contributed by atoms with Crippen LogP contribution in [0, 0.1) is 13.8 Å². The van der Waals surface area contributed by atoms with Crippen LogP contribution in [0.2, 0.25) is 0 Å². The maximum atomic E-state index is 13.0. The molecule has 32 heavy (non-hydrogen) atoms. The molecule has 8 heteroatoms. The second kappa shape index (κ2) is 7.82. The molecule has 1 amide bonds. The van der Waals surface area contributed by atoms with E-state index in [0.717, 1.165) is 46.7 Å². The van der Waals surface area contributed by atoms with Crippen molar-refractivity contribution in [1.29, 1.82) is 0 Å². The average molecular weight is 449 g/mol. The first kappa shape index (κ1) is 20.1. The van der Waals surface area contributed by atoms with Crippen molar-refractivity contribution in [2.24, 2.45) is 0 Å². The van der Waals surface area contributed by atoms with Crippen molar-refractivity contribution in [2.45, 2.75) is 44.9 Å². The van der Waals surface area contributed by atoms with E-state index in [1.165, 1.54) is 32.4 Å². The summed E-state index contributed by atoms with van der Waals surface area (Å²) in [5.74, 6) is 0.123. The topological polar surface area (TPSA) is 57.0 Å². The average Bonchev–Trinajstić information content (AvgIpc) is 3.18. The quantitative estimate of drug-likeness (QED) is 0.676. The number of allylic oxidation sites excluding steroid dienone is 1. The van der Waals surface area contributed by atoms with Crippen LogP contribution in [-0.2, 0) is 4.79 Å². The molecular formula is C24H29N6OP. The summed E-state index contributed by atoms with van der Waals surface area (Å²) in [6.45, 7) is 8.60. The van der Waals surface area contributed by atoms with Gasteiger partial charge in [0.15, 0.2) is 0 Å². The lowest BCUT2D eigenvalue weighted by Gasteiger charge is -2.49. The van der Waals surface area contributed by atoms with Crippen LogP contribution in [0.1, 0.15) is 36.3 Å². The van der Waals surface area contributed by atoms with Crippen LogP contribution < -0.4 is 0 Å². The van der Waals surface area contributed by atoms with E-state index in [0.29, 0.717) is 14.6 Å². The molecule has 0 aromatic carbocycles. The van der Waals surface area contributed by atoms with Gasteiger partial charge in [-0.25, -0.2) is 4.52 Å². The van der Waals surface area contributed by atoms with Gasteiger partial charge in [-0.2, -0.15) is 5.10 Å². The first-order valence-corrected chi connectivity index (χ1v) is 12.7. The Labute approximate surface area is 190 Å². The monoisotopic (exact) mass is 448 g/mol. The molecule has 0 spiro atoms. The van der Waals surface area contributed by atoms with Gasteiger partial charge in [0.25, 0.3) is 5.91 Å². The Morgan fingerprint density at radius 2 is 1.94 bits per heavy atom. The Bertz CT molecular complexity index is 1170. The van der Waals surface area contributed by atoms with Crippen LogP contribution in [-0.4, -0.2) is 73.2 Å². The Hall–Kier alpha value is -2.50. The minimum Gasteiger partial charge on any atom is -0.367 e. The fraction of sp³-hybridized carbons (Fsp3) is 0.458. The van der Waals surface area contributed by atoms with Gasteiger partial charge in [-0.05, 0) is 51.9 Å². The predicted octanol–water partition coefficient (Wildman–Crippen LogP) is 3.12. The second-order valence-electron chi connectivity index (χ2n) is 9.29. The van der Waals surface area contributed by atoms with E-state index in [1.54, 1.807) is 6.08 Å². The highest BCUT2D eigenvalue weighted by atomic mass is 31.1. The molecule has 0 aliphatic carbocycles. The van der Waals surface area contributed by atoms with Crippen LogP contribution in [0.5, 0.6) is 0 Å². The Balaban J connectivity index is 1.18. The molecule has 2 aromatic rings. The number of nitrogens with zero attached hydrogens (tertiary/aromatic N) is 6. The van der Waals surface area contributed by atoms with Crippen molar-refractivity contribution in [3.8, 4) is 0 Å². The third-order valence-electron chi connectivity index (χ3n) is 7.02. The smallest absolute Gasteiger partial charge is 0.252 e. The molecule has 6 heterocycles. The van der Waals surface area contributed by atoms with E-state index < -0.39 is 0 Å². The number of rotatable bonds is 3. The molecule has 2 fully saturated rings. The number of amides is 1. The largest absolute Gasteiger partial charge is 0.367 e. The molecule has 7 nitrogen and oxygen atoms in total. The van der Waals surface area contributed by atoms with Gasteiger partial charge in [-0.15, -0.1) is 0 Å². The van der Waals surface area contributed by atoms with Gasteiger partial charge in [-0.3, -0.25) is 14.7 Å². The van der Waals surface area contributed by atoms with Gasteiger partial charge in [0, 0.05) is 36.7 Å². The number of piperidine rings is 1. The van der Waals surface area contributed by atoms with E-state index in [-0.39, 0.29) is 11.7 Å². The Kier molecular flexibility index (Phi) is 4.92. The van der Waals surface area contributed by atoms with Crippen molar-refractivity contribution in [1.82, 2.24) is 29.3 Å². The highest BCUT2D eigenvalue weighted by Crippen LogP contribution is 2.44. The first-order chi connectivity index (χ1) is 15.5. The van der Waals surface area contributed by atoms with Gasteiger partial charge < -0.3 is 9.80 Å². The third kappa shape index (κ3) is 3.48. The van der Waals surface area contributed by atoms with Crippen molar-refractivity contribution in [3.63, 3.8) is 0 Å². The zero-order valence-corrected chi connectivity index (χ0v) is 19.7. The molecule has 0 saturated carbocycles. The van der Waals surface area contributed by atoms with Crippen LogP contribution in [0.25, 0.3) is 10.8 Å². The molecule has 4 aliphatic rings. The van der Waals surface area contributed by atoms with Gasteiger partial charge in [0.05, 0.1) is 40.3 Å². The standard InChI is InChI=1S/C24H29N6OP/c1-16-12-30-21(17(2)25-16)10-20(26-30)22-11-23(31)29-15-18(6-7-24(29)32-22)28-13-19(14-28)27-8-4-3-5-9-27/h6-7,10-12,15,19,24,32H,3-5,8-9,13-14H2,1-2H3. The first-order valence-electron chi connectivity index (χ1n) is 11.6. The SMILES string of the molecule is Cc1cn2nc(C3=CC(=O)N4C=C(N5CC(N6CCCCC6)C5)C=CC4P3)cc2c(C)n1. The molecule has 0 N–H and O–H groups in total. The number of hydrogen-bond donors (Lipinski definition) is 0. The van der Waals surface area contributed by atoms with E-state index in [2.05, 4.69) is 39.2 Å². The van der Waals surface area contributed by atoms with Crippen molar-refractivity contribution in [3.05, 3.63) is 59.5 Å². The summed E-state index contributed by atoms with van der Waals surface area (Å²) in [4.78, 5) is 24.5. The van der Waals surface area contributed by atoms with Gasteiger partial charge in [0.1, 0.15) is 0 Å². The maximum absolute atomic E-state index is 13.0. The van der Waals surface area contributed by atoms with Crippen LogP contribution >= 0.6 is 8.58 Å². The number of carbonyl (C=O) groups is 1. The highest BCUT2D eigenvalue weighted by Gasteiger charge is 2.36. The van der Waals surface area contributed by atoms with Crippen LogP contribution in [0.4, 0.5) is 0 Å². The minimum absolute atomic E-state index is 0.0433. The molecular weight excluding hydrogens is 419 g/mol. The molecule has 2 unspecified atom stereocenters. The van der Waals surface area contributed by atoms with Crippen molar-refractivity contribution >= 4 is 25.3 Å². The normalized spacial score (nSPS) is 25.2. The molecule has 2 aromatic heterocycles. The lowest BCUT2D eigenvalue weighted by molar-refractivity contribution is -0.123. The lowest BCUT2D eigenvalue weighted by Crippen LogP contribution is -2.59. The Morgan fingerprint density at radius 3 is 2.75 bits per heavy atom. The van der Waals surface area contributed by atoms with E-state index in [9.17, 15) is 4.79 Å². The summed E-state index contributed by atoms with van der Waals surface area (Å²) >= 11 is 0. The summed E-state index contributed by atoms with van der Waals surface area (Å²) in [5, 5.41) is 5.76. The minimum atomic E-state index is 0.0433. The number of fused-ring (bicyclic) bond motifs is 2. The molecule has 0 bridgehead atoms. The zero-order valence-electron chi connectivity index (χ0n) is 18.7. The van der Waals surface area contributed by atoms with E-state index in [4.69, 9.17) is 5.10 Å². The number of carbonyl (C=O) groups excluding carboxylic acids is 1. The molecule has 0 radical (unpaired) electrons. The molecule has 6 rings (SSSR count). The summed E-state index contributed by atoms with van der Waals surface area (Å²) in [5.41, 5.74) is 4.93. The van der Waals surface area contributed by atoms with Crippen molar-refractivity contribution < 1.29 is 4.79 Å². The van der Waals surface area contributed by atoms with Crippen LogP contribution in [0.15, 0.2) is 42.4 Å². The summed E-state index contributed by atoms with van der Waals surface area (Å²) in [6.07, 6.45) is 14.2. The number of hydrogen-bond acceptors (Lipinski definition) is 5. The van der Waals surface area contributed by atoms with Gasteiger partial charge in [0.2, 0.25) is 0 Å². The van der Waals surface area contributed by atoms with E-state index >= 15 is 0 Å². The summed E-state index contributed by atoms with van der Waals surface area (Å²) < 4.78 is 1.88. The second-order valence-corrected chi connectivity index (χ2v) is 10.7. The van der Waals surface area contributed by atoms with E-state index in [1.807, 2.05) is 29.5 Å². The maximum Gasteiger partial charge on any atom is 0.252 e. The molecule has 2 saturated heterocycles. The fourth-order valence-electron chi connectivity index (χ4n) is 5.20. The summed E-state index contributed by atoms with van der Waals surface area (Å²) in [7, 11) is 0.477. The highest BCUT2D eigenvalue weighted by molar-refractivity contribution is 7.51. The third-order valence-corrected chi connectivity index (χ3v) is 8.49. The molecule has 4 aliphatic heterocycles. The van der Waals surface area contributed by atoms with Crippen LogP contribution in [0.3, 0.4) is 0 Å².